The van der Waals surface area contributed by atoms with Gasteiger partial charge < -0.3 is 0 Å². The summed E-state index contributed by atoms with van der Waals surface area (Å²) in [5, 5.41) is 10.5. The van der Waals surface area contributed by atoms with E-state index < -0.39 is 0 Å². The number of hydrogen-bond acceptors (Lipinski definition) is 3. The molecule has 12 heavy (non-hydrogen) atoms. The molecular weight excluding hydrogens is 174 g/mol. The number of hydrogen-bond donors (Lipinski definition) is 1. The summed E-state index contributed by atoms with van der Waals surface area (Å²) in [6.45, 7) is 1.90. The molecule has 64 valence electrons. The van der Waals surface area contributed by atoms with E-state index >= 15 is 0 Å². The highest BCUT2D eigenvalue weighted by atomic mass is 32.1. The van der Waals surface area contributed by atoms with Gasteiger partial charge in [-0.3, -0.25) is 10.1 Å². The Morgan fingerprint density at radius 1 is 1.58 bits per heavy atom. The predicted molar refractivity (Wildman–Crippen MR) is 50.5 cm³/mol. The monoisotopic (exact) mass is 183 g/mol. The molecule has 0 N–H and O–H groups in total. The third-order valence-corrected chi connectivity index (χ3v) is 1.94. The Morgan fingerprint density at radius 2 is 2.25 bits per heavy atom. The van der Waals surface area contributed by atoms with Gasteiger partial charge in [0.1, 0.15) is 0 Å². The van der Waals surface area contributed by atoms with Crippen LogP contribution in [0.4, 0.5) is 5.69 Å². The fraction of sp³-hybridized carbons (Fsp3) is 0.250. The number of nitro groups is 1. The molecule has 0 saturated heterocycles. The number of nitro benzene ring substituents is 1. The maximum atomic E-state index is 10.5. The van der Waals surface area contributed by atoms with Crippen LogP contribution in [0.5, 0.6) is 0 Å². The molecule has 0 aromatic heterocycles. The maximum absolute atomic E-state index is 10.5. The lowest BCUT2D eigenvalue weighted by Crippen LogP contribution is -1.93. The number of nitrogens with zero attached hydrogens (tertiary/aromatic N) is 1. The highest BCUT2D eigenvalue weighted by Crippen LogP contribution is 2.20. The topological polar surface area (TPSA) is 43.1 Å². The van der Waals surface area contributed by atoms with E-state index in [0.717, 1.165) is 5.56 Å². The third-order valence-electron chi connectivity index (χ3n) is 1.60. The summed E-state index contributed by atoms with van der Waals surface area (Å²) >= 11 is 4.02. The van der Waals surface area contributed by atoms with Crippen molar-refractivity contribution in [2.45, 2.75) is 12.7 Å². The number of aryl methyl sites for hydroxylation is 1. The first-order valence-electron chi connectivity index (χ1n) is 3.50. The molecule has 0 bridgehead atoms. The number of rotatable bonds is 2. The molecule has 0 fully saturated rings. The smallest absolute Gasteiger partial charge is 0.258 e. The Kier molecular flexibility index (Phi) is 2.70. The molecule has 3 nitrogen and oxygen atoms in total. The standard InChI is InChI=1S/C8H9NO2S/c1-6-2-3-8(9(10)11)7(4-6)5-12/h2-4,12H,5H2,1H3. The summed E-state index contributed by atoms with van der Waals surface area (Å²) in [7, 11) is 0. The van der Waals surface area contributed by atoms with Gasteiger partial charge in [-0.1, -0.05) is 11.6 Å². The lowest BCUT2D eigenvalue weighted by Gasteiger charge is -1.99. The van der Waals surface area contributed by atoms with Crippen molar-refractivity contribution >= 4 is 18.3 Å². The molecule has 0 atom stereocenters. The molecule has 0 aliphatic carbocycles. The normalized spacial score (nSPS) is 9.83. The van der Waals surface area contributed by atoms with Gasteiger partial charge in [-0.2, -0.15) is 12.6 Å². The van der Waals surface area contributed by atoms with Crippen molar-refractivity contribution in [3.05, 3.63) is 39.4 Å². The highest BCUT2D eigenvalue weighted by Gasteiger charge is 2.10. The first-order valence-corrected chi connectivity index (χ1v) is 4.13. The summed E-state index contributed by atoms with van der Waals surface area (Å²) in [4.78, 5) is 10.1. The van der Waals surface area contributed by atoms with Crippen molar-refractivity contribution in [1.29, 1.82) is 0 Å². The lowest BCUT2D eigenvalue weighted by molar-refractivity contribution is -0.385. The van der Waals surface area contributed by atoms with Crippen LogP contribution in [0.15, 0.2) is 18.2 Å². The SMILES string of the molecule is Cc1ccc([N+](=O)[O-])c(CS)c1. The van der Waals surface area contributed by atoms with Crippen molar-refractivity contribution < 1.29 is 4.92 Å². The fourth-order valence-corrected chi connectivity index (χ4v) is 1.27. The van der Waals surface area contributed by atoms with E-state index in [2.05, 4.69) is 12.6 Å². The zero-order valence-corrected chi connectivity index (χ0v) is 7.54. The van der Waals surface area contributed by atoms with E-state index in [1.165, 1.54) is 6.07 Å². The lowest BCUT2D eigenvalue weighted by atomic mass is 10.1. The molecule has 4 heteroatoms. The van der Waals surface area contributed by atoms with E-state index in [1.54, 1.807) is 12.1 Å². The van der Waals surface area contributed by atoms with Crippen molar-refractivity contribution in [2.75, 3.05) is 0 Å². The Balaban J connectivity index is 3.20. The minimum absolute atomic E-state index is 0.149. The minimum atomic E-state index is -0.384. The van der Waals surface area contributed by atoms with E-state index in [1.807, 2.05) is 6.92 Å². The van der Waals surface area contributed by atoms with Gasteiger partial charge >= 0.3 is 0 Å². The molecule has 1 rings (SSSR count). The average Bonchev–Trinajstić information content (AvgIpc) is 2.03. The molecule has 1 aromatic rings. The van der Waals surface area contributed by atoms with Crippen LogP contribution < -0.4 is 0 Å². The largest absolute Gasteiger partial charge is 0.273 e. The number of thiol groups is 1. The van der Waals surface area contributed by atoms with E-state index in [9.17, 15) is 10.1 Å². The molecule has 0 radical (unpaired) electrons. The summed E-state index contributed by atoms with van der Waals surface area (Å²) in [6.07, 6.45) is 0. The van der Waals surface area contributed by atoms with Crippen molar-refractivity contribution in [3.8, 4) is 0 Å². The Labute approximate surface area is 76.0 Å². The third kappa shape index (κ3) is 1.76. The predicted octanol–water partition coefficient (Wildman–Crippen LogP) is 2.33. The zero-order valence-electron chi connectivity index (χ0n) is 6.65. The quantitative estimate of drug-likeness (QED) is 0.434. The van der Waals surface area contributed by atoms with Crippen molar-refractivity contribution in [2.24, 2.45) is 0 Å². The van der Waals surface area contributed by atoms with Crippen LogP contribution in [-0.4, -0.2) is 4.92 Å². The highest BCUT2D eigenvalue weighted by molar-refractivity contribution is 7.79. The second-order valence-corrected chi connectivity index (χ2v) is 2.86. The van der Waals surface area contributed by atoms with Crippen LogP contribution in [-0.2, 0) is 5.75 Å². The Bertz CT molecular complexity index is 312. The molecule has 0 heterocycles. The summed E-state index contributed by atoms with van der Waals surface area (Å²) in [5.74, 6) is 0.401. The second kappa shape index (κ2) is 3.58. The van der Waals surface area contributed by atoms with Gasteiger partial charge in [0, 0.05) is 17.4 Å². The summed E-state index contributed by atoms with van der Waals surface area (Å²) < 4.78 is 0. The first kappa shape index (κ1) is 9.06. The fourth-order valence-electron chi connectivity index (χ4n) is 1.02. The van der Waals surface area contributed by atoms with Crippen molar-refractivity contribution in [1.82, 2.24) is 0 Å². The maximum Gasteiger partial charge on any atom is 0.273 e. The van der Waals surface area contributed by atoms with E-state index in [0.29, 0.717) is 11.3 Å². The van der Waals surface area contributed by atoms with Gasteiger partial charge in [-0.15, -0.1) is 0 Å². The van der Waals surface area contributed by atoms with Crippen LogP contribution >= 0.6 is 12.6 Å². The van der Waals surface area contributed by atoms with Crippen LogP contribution in [0.1, 0.15) is 11.1 Å². The summed E-state index contributed by atoms with van der Waals surface area (Å²) in [5.41, 5.74) is 1.84. The molecule has 1 aromatic carbocycles. The Morgan fingerprint density at radius 3 is 2.75 bits per heavy atom. The van der Waals surface area contributed by atoms with Crippen molar-refractivity contribution in [3.63, 3.8) is 0 Å². The average molecular weight is 183 g/mol. The van der Waals surface area contributed by atoms with Gasteiger partial charge in [0.05, 0.1) is 4.92 Å². The van der Waals surface area contributed by atoms with Crippen LogP contribution in [0.25, 0.3) is 0 Å². The molecule has 0 spiro atoms. The first-order chi connectivity index (χ1) is 5.65. The molecule has 0 aliphatic rings. The summed E-state index contributed by atoms with van der Waals surface area (Å²) in [6, 6.07) is 5.02. The van der Waals surface area contributed by atoms with E-state index in [4.69, 9.17) is 0 Å². The minimum Gasteiger partial charge on any atom is -0.258 e. The number of benzene rings is 1. The van der Waals surface area contributed by atoms with Crippen LogP contribution in [0.3, 0.4) is 0 Å². The molecule has 0 saturated carbocycles. The molecular formula is C8H9NO2S. The van der Waals surface area contributed by atoms with Crippen LogP contribution in [0.2, 0.25) is 0 Å². The second-order valence-electron chi connectivity index (χ2n) is 2.55. The molecule has 0 aliphatic heterocycles. The molecule has 0 unspecified atom stereocenters. The van der Waals surface area contributed by atoms with Gasteiger partial charge in [-0.05, 0) is 13.0 Å². The van der Waals surface area contributed by atoms with Gasteiger partial charge in [0.15, 0.2) is 0 Å². The van der Waals surface area contributed by atoms with Gasteiger partial charge in [0.25, 0.3) is 5.69 Å². The zero-order chi connectivity index (χ0) is 9.14. The Hall–Kier alpha value is -1.03. The van der Waals surface area contributed by atoms with Gasteiger partial charge in [0.2, 0.25) is 0 Å². The van der Waals surface area contributed by atoms with E-state index in [-0.39, 0.29) is 10.6 Å². The van der Waals surface area contributed by atoms with Gasteiger partial charge in [-0.25, -0.2) is 0 Å². The molecule has 0 amide bonds. The van der Waals surface area contributed by atoms with Crippen LogP contribution in [0, 0.1) is 17.0 Å².